The van der Waals surface area contributed by atoms with Crippen molar-refractivity contribution in [1.29, 1.82) is 0 Å². The fraction of sp³-hybridized carbons (Fsp3) is 0.300. The number of phenols is 2. The van der Waals surface area contributed by atoms with Crippen LogP contribution in [0.15, 0.2) is 48.5 Å². The molecule has 3 aliphatic carbocycles. The summed E-state index contributed by atoms with van der Waals surface area (Å²) in [6.07, 6.45) is 5.07. The lowest BCUT2D eigenvalue weighted by molar-refractivity contribution is 0.351. The first-order valence-corrected chi connectivity index (χ1v) is 8.05. The minimum Gasteiger partial charge on any atom is -0.508 e. The third-order valence-electron chi connectivity index (χ3n) is 5.19. The van der Waals surface area contributed by atoms with Gasteiger partial charge in [-0.25, -0.2) is 0 Å². The molecule has 2 heteroatoms. The molecule has 0 saturated heterocycles. The molecule has 0 unspecified atom stereocenters. The van der Waals surface area contributed by atoms with Crippen LogP contribution in [-0.4, -0.2) is 10.2 Å². The van der Waals surface area contributed by atoms with Gasteiger partial charge in [0.05, 0.1) is 0 Å². The topological polar surface area (TPSA) is 40.5 Å². The number of benzene rings is 2. The molecule has 2 aromatic carbocycles. The van der Waals surface area contributed by atoms with Gasteiger partial charge in [-0.05, 0) is 84.1 Å². The van der Waals surface area contributed by atoms with Gasteiger partial charge in [0.15, 0.2) is 0 Å². The molecule has 0 atom stereocenters. The maximum Gasteiger partial charge on any atom is 0.115 e. The van der Waals surface area contributed by atoms with Crippen molar-refractivity contribution in [3.05, 3.63) is 59.7 Å². The summed E-state index contributed by atoms with van der Waals surface area (Å²) >= 11 is 0. The van der Waals surface area contributed by atoms with Crippen molar-refractivity contribution in [2.45, 2.75) is 25.7 Å². The second-order valence-electron chi connectivity index (χ2n) is 6.47. The number of allylic oxidation sites excluding steroid dienone is 2. The quantitative estimate of drug-likeness (QED) is 0.832. The van der Waals surface area contributed by atoms with Crippen LogP contribution >= 0.6 is 0 Å². The summed E-state index contributed by atoms with van der Waals surface area (Å²) in [5, 5.41) is 19.1. The molecule has 3 aliphatic rings. The van der Waals surface area contributed by atoms with E-state index in [2.05, 4.69) is 0 Å². The summed E-state index contributed by atoms with van der Waals surface area (Å²) < 4.78 is 0. The van der Waals surface area contributed by atoms with Crippen molar-refractivity contribution in [3.63, 3.8) is 0 Å². The Labute approximate surface area is 130 Å². The second-order valence-corrected chi connectivity index (χ2v) is 6.47. The van der Waals surface area contributed by atoms with Gasteiger partial charge in [-0.1, -0.05) is 24.3 Å². The highest BCUT2D eigenvalue weighted by molar-refractivity contribution is 5.94. The van der Waals surface area contributed by atoms with Crippen molar-refractivity contribution >= 4 is 11.1 Å². The first-order valence-electron chi connectivity index (χ1n) is 8.05. The van der Waals surface area contributed by atoms with E-state index in [1.54, 1.807) is 24.3 Å². The number of fused-ring (bicyclic) bond motifs is 2. The van der Waals surface area contributed by atoms with Crippen LogP contribution in [0.3, 0.4) is 0 Å². The number of aromatic hydroxyl groups is 2. The second kappa shape index (κ2) is 5.20. The van der Waals surface area contributed by atoms with Gasteiger partial charge in [-0.15, -0.1) is 0 Å². The highest BCUT2D eigenvalue weighted by Crippen LogP contribution is 2.52. The molecule has 5 rings (SSSR count). The van der Waals surface area contributed by atoms with Crippen LogP contribution < -0.4 is 0 Å². The summed E-state index contributed by atoms with van der Waals surface area (Å²) in [5.41, 5.74) is 5.37. The molecule has 2 N–H and O–H groups in total. The lowest BCUT2D eigenvalue weighted by Crippen LogP contribution is -2.25. The maximum absolute atomic E-state index is 9.56. The lowest BCUT2D eigenvalue weighted by Gasteiger charge is -2.41. The number of rotatable bonds is 2. The van der Waals surface area contributed by atoms with Gasteiger partial charge in [0.2, 0.25) is 0 Å². The van der Waals surface area contributed by atoms with Gasteiger partial charge < -0.3 is 10.2 Å². The summed E-state index contributed by atoms with van der Waals surface area (Å²) in [4.78, 5) is 0. The normalized spacial score (nSPS) is 23.8. The predicted octanol–water partition coefficient (Wildman–Crippen LogP) is 4.83. The number of hydrogen-bond acceptors (Lipinski definition) is 2. The molecular formula is C20H20O2. The van der Waals surface area contributed by atoms with Crippen molar-refractivity contribution in [2.75, 3.05) is 0 Å². The molecule has 2 bridgehead atoms. The van der Waals surface area contributed by atoms with Gasteiger partial charge in [0.25, 0.3) is 0 Å². The van der Waals surface area contributed by atoms with Gasteiger partial charge in [0.1, 0.15) is 11.5 Å². The Balaban J connectivity index is 1.89. The van der Waals surface area contributed by atoms with Crippen LogP contribution in [0.2, 0.25) is 0 Å². The molecular weight excluding hydrogens is 272 g/mol. The number of hydrogen-bond donors (Lipinski definition) is 2. The third kappa shape index (κ3) is 2.19. The molecule has 0 spiro atoms. The molecule has 2 aromatic rings. The average Bonchev–Trinajstić information content (AvgIpc) is 2.57. The van der Waals surface area contributed by atoms with Crippen molar-refractivity contribution in [2.24, 2.45) is 11.8 Å². The molecule has 112 valence electrons. The van der Waals surface area contributed by atoms with E-state index in [1.165, 1.54) is 48.0 Å². The summed E-state index contributed by atoms with van der Waals surface area (Å²) in [7, 11) is 0. The Morgan fingerprint density at radius 3 is 1.18 bits per heavy atom. The molecule has 1 fully saturated rings. The molecule has 1 saturated carbocycles. The third-order valence-corrected chi connectivity index (χ3v) is 5.19. The van der Waals surface area contributed by atoms with Crippen LogP contribution in [0.4, 0.5) is 0 Å². The van der Waals surface area contributed by atoms with Crippen LogP contribution in [0.5, 0.6) is 11.5 Å². The van der Waals surface area contributed by atoms with Gasteiger partial charge in [-0.2, -0.15) is 0 Å². The summed E-state index contributed by atoms with van der Waals surface area (Å²) in [6.45, 7) is 0. The molecule has 0 radical (unpaired) electrons. The van der Waals surface area contributed by atoms with E-state index in [0.717, 1.165) is 0 Å². The van der Waals surface area contributed by atoms with Gasteiger partial charge in [-0.3, -0.25) is 0 Å². The molecule has 22 heavy (non-hydrogen) atoms. The van der Waals surface area contributed by atoms with E-state index >= 15 is 0 Å². The first-order chi connectivity index (χ1) is 10.7. The Kier molecular flexibility index (Phi) is 3.18. The van der Waals surface area contributed by atoms with E-state index in [-0.39, 0.29) is 0 Å². The minimum absolute atomic E-state index is 0.316. The standard InChI is InChI=1S/C20H20O2/c21-17-9-5-15(6-10-17)19-13-1-2-14(4-3-13)20(19)16-7-11-18(22)12-8-16/h5-14,21-22H,1-4H2. The summed E-state index contributed by atoms with van der Waals surface area (Å²) in [5.74, 6) is 1.88. The fourth-order valence-electron chi connectivity index (χ4n) is 4.17. The maximum atomic E-state index is 9.56. The molecule has 0 aromatic heterocycles. The zero-order valence-corrected chi connectivity index (χ0v) is 12.5. The Morgan fingerprint density at radius 1 is 0.545 bits per heavy atom. The van der Waals surface area contributed by atoms with Gasteiger partial charge in [0, 0.05) is 0 Å². The van der Waals surface area contributed by atoms with Crippen LogP contribution in [0, 0.1) is 11.8 Å². The molecule has 0 heterocycles. The molecule has 0 amide bonds. The zero-order valence-electron chi connectivity index (χ0n) is 12.5. The SMILES string of the molecule is Oc1ccc(C2=C(c3ccc(O)cc3)C3CCC2CC3)cc1. The average molecular weight is 292 g/mol. The lowest BCUT2D eigenvalue weighted by atomic mass is 9.64. The molecule has 0 aliphatic heterocycles. The molecule has 2 nitrogen and oxygen atoms in total. The minimum atomic E-state index is 0.316. The van der Waals surface area contributed by atoms with Crippen LogP contribution in [0.1, 0.15) is 36.8 Å². The van der Waals surface area contributed by atoms with Gasteiger partial charge >= 0.3 is 0 Å². The van der Waals surface area contributed by atoms with Crippen molar-refractivity contribution in [1.82, 2.24) is 0 Å². The van der Waals surface area contributed by atoms with Crippen molar-refractivity contribution < 1.29 is 10.2 Å². The van der Waals surface area contributed by atoms with E-state index in [9.17, 15) is 10.2 Å². The summed E-state index contributed by atoms with van der Waals surface area (Å²) in [6, 6.07) is 15.2. The van der Waals surface area contributed by atoms with Crippen LogP contribution in [-0.2, 0) is 0 Å². The van der Waals surface area contributed by atoms with E-state index in [4.69, 9.17) is 0 Å². The van der Waals surface area contributed by atoms with E-state index in [1.807, 2.05) is 24.3 Å². The Morgan fingerprint density at radius 2 is 0.864 bits per heavy atom. The smallest absolute Gasteiger partial charge is 0.115 e. The van der Waals surface area contributed by atoms with Crippen molar-refractivity contribution in [3.8, 4) is 11.5 Å². The Bertz CT molecular complexity index is 639. The zero-order chi connectivity index (χ0) is 15.1. The fourth-order valence-corrected chi connectivity index (χ4v) is 4.17. The van der Waals surface area contributed by atoms with Crippen LogP contribution in [0.25, 0.3) is 11.1 Å². The highest BCUT2D eigenvalue weighted by Gasteiger charge is 2.36. The highest BCUT2D eigenvalue weighted by atomic mass is 16.3. The Hall–Kier alpha value is -2.22. The number of phenolic OH excluding ortho intramolecular Hbond substituents is 2. The largest absolute Gasteiger partial charge is 0.508 e. The predicted molar refractivity (Wildman–Crippen MR) is 88.5 cm³/mol. The first kappa shape index (κ1) is 13.4. The van der Waals surface area contributed by atoms with E-state index < -0.39 is 0 Å². The monoisotopic (exact) mass is 292 g/mol. The van der Waals surface area contributed by atoms with E-state index in [0.29, 0.717) is 23.3 Å².